The molecule has 5 heteroatoms. The molecular weight excluding hydrogens is 268 g/mol. The molecule has 0 saturated heterocycles. The van der Waals surface area contributed by atoms with E-state index in [2.05, 4.69) is 4.98 Å². The van der Waals surface area contributed by atoms with Crippen molar-refractivity contribution in [3.63, 3.8) is 0 Å². The largest absolute Gasteiger partial charge is 0.618 e. The predicted octanol–water partition coefficient (Wildman–Crippen LogP) is 2.46. The van der Waals surface area contributed by atoms with E-state index in [1.54, 1.807) is 12.1 Å². The van der Waals surface area contributed by atoms with Crippen molar-refractivity contribution >= 4 is 10.9 Å². The fraction of sp³-hybridized carbons (Fsp3) is 0.125. The highest BCUT2D eigenvalue weighted by Gasteiger charge is 2.15. The Hall–Kier alpha value is -2.82. The van der Waals surface area contributed by atoms with Crippen molar-refractivity contribution < 1.29 is 14.2 Å². The predicted molar refractivity (Wildman–Crippen MR) is 78.0 cm³/mol. The number of aromatic nitrogens is 2. The van der Waals surface area contributed by atoms with E-state index in [1.165, 1.54) is 13.3 Å². The third kappa shape index (κ3) is 2.72. The van der Waals surface area contributed by atoms with E-state index >= 15 is 0 Å². The highest BCUT2D eigenvalue weighted by Crippen LogP contribution is 2.25. The van der Waals surface area contributed by atoms with Crippen LogP contribution in [0, 0.1) is 5.21 Å². The second kappa shape index (κ2) is 5.66. The quantitative estimate of drug-likeness (QED) is 0.545. The van der Waals surface area contributed by atoms with Gasteiger partial charge in [0.1, 0.15) is 6.61 Å². The van der Waals surface area contributed by atoms with E-state index in [1.807, 2.05) is 36.4 Å². The van der Waals surface area contributed by atoms with E-state index in [0.717, 1.165) is 15.7 Å². The molecule has 0 aliphatic rings. The lowest BCUT2D eigenvalue weighted by Gasteiger charge is -2.09. The average molecular weight is 282 g/mol. The SMILES string of the molecule is COc1cc2ccc[n+]([O-])c2c(OCc2ccccc2)n1. The van der Waals surface area contributed by atoms with Crippen LogP contribution in [0.4, 0.5) is 0 Å². The summed E-state index contributed by atoms with van der Waals surface area (Å²) in [4.78, 5) is 4.23. The normalized spacial score (nSPS) is 10.5. The number of rotatable bonds is 4. The second-order valence-electron chi connectivity index (χ2n) is 4.52. The molecule has 1 aromatic carbocycles. The molecule has 0 bridgehead atoms. The van der Waals surface area contributed by atoms with E-state index < -0.39 is 0 Å². The van der Waals surface area contributed by atoms with E-state index in [9.17, 15) is 5.21 Å². The minimum Gasteiger partial charge on any atom is -0.618 e. The lowest BCUT2D eigenvalue weighted by Crippen LogP contribution is -2.26. The van der Waals surface area contributed by atoms with E-state index in [0.29, 0.717) is 18.0 Å². The maximum Gasteiger partial charge on any atom is 0.293 e. The van der Waals surface area contributed by atoms with Crippen LogP contribution < -0.4 is 14.2 Å². The molecule has 0 saturated carbocycles. The molecule has 21 heavy (non-hydrogen) atoms. The molecule has 0 spiro atoms. The third-order valence-electron chi connectivity index (χ3n) is 3.11. The molecule has 0 aliphatic heterocycles. The summed E-state index contributed by atoms with van der Waals surface area (Å²) in [5.74, 6) is 0.681. The summed E-state index contributed by atoms with van der Waals surface area (Å²) in [5, 5.41) is 12.7. The van der Waals surface area contributed by atoms with Gasteiger partial charge in [-0.15, -0.1) is 0 Å². The molecule has 0 aliphatic carbocycles. The molecule has 2 aromatic heterocycles. The number of pyridine rings is 2. The maximum atomic E-state index is 12.0. The molecule has 3 rings (SSSR count). The number of fused-ring (bicyclic) bond motifs is 1. The van der Waals surface area contributed by atoms with Gasteiger partial charge in [-0.1, -0.05) is 30.3 Å². The maximum absolute atomic E-state index is 12.0. The molecule has 0 fully saturated rings. The number of methoxy groups -OCH3 is 1. The van der Waals surface area contributed by atoms with Crippen molar-refractivity contribution in [1.29, 1.82) is 0 Å². The van der Waals surface area contributed by atoms with Gasteiger partial charge in [0.25, 0.3) is 11.4 Å². The molecule has 0 amide bonds. The van der Waals surface area contributed by atoms with Crippen LogP contribution >= 0.6 is 0 Å². The van der Waals surface area contributed by atoms with Gasteiger partial charge in [0.05, 0.1) is 12.5 Å². The number of nitrogens with zero attached hydrogens (tertiary/aromatic N) is 2. The first-order chi connectivity index (χ1) is 10.3. The molecule has 0 N–H and O–H groups in total. The number of hydrogen-bond acceptors (Lipinski definition) is 4. The van der Waals surface area contributed by atoms with Crippen LogP contribution in [-0.4, -0.2) is 12.1 Å². The van der Waals surface area contributed by atoms with E-state index in [-0.39, 0.29) is 5.88 Å². The van der Waals surface area contributed by atoms with Gasteiger partial charge in [-0.2, -0.15) is 9.71 Å². The van der Waals surface area contributed by atoms with Gasteiger partial charge in [-0.25, -0.2) is 0 Å². The van der Waals surface area contributed by atoms with Crippen molar-refractivity contribution in [3.8, 4) is 11.8 Å². The van der Waals surface area contributed by atoms with Crippen LogP contribution in [0.3, 0.4) is 0 Å². The minimum atomic E-state index is 0.267. The molecule has 0 unspecified atom stereocenters. The number of ether oxygens (including phenoxy) is 2. The summed E-state index contributed by atoms with van der Waals surface area (Å²) in [5.41, 5.74) is 1.40. The minimum absolute atomic E-state index is 0.267. The summed E-state index contributed by atoms with van der Waals surface area (Å²) in [6.07, 6.45) is 1.42. The van der Waals surface area contributed by atoms with Crippen LogP contribution in [0.2, 0.25) is 0 Å². The van der Waals surface area contributed by atoms with Crippen LogP contribution in [0.25, 0.3) is 10.9 Å². The molecule has 0 atom stereocenters. The first kappa shape index (κ1) is 13.2. The molecule has 5 nitrogen and oxygen atoms in total. The fourth-order valence-electron chi connectivity index (χ4n) is 2.09. The van der Waals surface area contributed by atoms with E-state index in [4.69, 9.17) is 9.47 Å². The van der Waals surface area contributed by atoms with Crippen LogP contribution in [0.15, 0.2) is 54.7 Å². The van der Waals surface area contributed by atoms with Crippen LogP contribution in [0.5, 0.6) is 11.8 Å². The Labute approximate surface area is 122 Å². The zero-order chi connectivity index (χ0) is 14.7. The topological polar surface area (TPSA) is 58.3 Å². The molecule has 0 radical (unpaired) electrons. The van der Waals surface area contributed by atoms with Crippen molar-refractivity contribution in [2.24, 2.45) is 0 Å². The highest BCUT2D eigenvalue weighted by molar-refractivity contribution is 5.81. The molecular formula is C16H14N2O3. The first-order valence-corrected chi connectivity index (χ1v) is 6.51. The lowest BCUT2D eigenvalue weighted by molar-refractivity contribution is -0.577. The summed E-state index contributed by atoms with van der Waals surface area (Å²) >= 11 is 0. The Morgan fingerprint density at radius 3 is 2.71 bits per heavy atom. The Morgan fingerprint density at radius 2 is 1.95 bits per heavy atom. The summed E-state index contributed by atoms with van der Waals surface area (Å²) < 4.78 is 11.6. The van der Waals surface area contributed by atoms with Gasteiger partial charge >= 0.3 is 0 Å². The number of hydrogen-bond donors (Lipinski definition) is 0. The fourth-order valence-corrected chi connectivity index (χ4v) is 2.09. The zero-order valence-electron chi connectivity index (χ0n) is 11.5. The van der Waals surface area contributed by atoms with Gasteiger partial charge in [0.15, 0.2) is 6.20 Å². The van der Waals surface area contributed by atoms with Crippen molar-refractivity contribution in [2.75, 3.05) is 7.11 Å². The first-order valence-electron chi connectivity index (χ1n) is 6.51. The zero-order valence-corrected chi connectivity index (χ0v) is 11.5. The lowest BCUT2D eigenvalue weighted by atomic mass is 10.2. The Bertz CT molecular complexity index is 760. The standard InChI is InChI=1S/C16H14N2O3/c1-20-14-10-13-8-5-9-18(19)15(13)16(17-14)21-11-12-6-3-2-4-7-12/h2-10H,11H2,1H3. The molecule has 3 aromatic rings. The van der Waals surface area contributed by atoms with Gasteiger partial charge in [0, 0.05) is 12.1 Å². The summed E-state index contributed by atoms with van der Waals surface area (Å²) in [6.45, 7) is 0.338. The smallest absolute Gasteiger partial charge is 0.293 e. The average Bonchev–Trinajstić information content (AvgIpc) is 2.53. The summed E-state index contributed by atoms with van der Waals surface area (Å²) in [7, 11) is 1.53. The summed E-state index contributed by atoms with van der Waals surface area (Å²) in [6, 6.07) is 14.9. The van der Waals surface area contributed by atoms with Crippen molar-refractivity contribution in [2.45, 2.75) is 6.61 Å². The van der Waals surface area contributed by atoms with Crippen LogP contribution in [0.1, 0.15) is 5.56 Å². The van der Waals surface area contributed by atoms with Crippen LogP contribution in [-0.2, 0) is 6.61 Å². The van der Waals surface area contributed by atoms with Gasteiger partial charge in [0.2, 0.25) is 5.88 Å². The Morgan fingerprint density at radius 1 is 1.14 bits per heavy atom. The monoisotopic (exact) mass is 282 g/mol. The Kier molecular flexibility index (Phi) is 3.55. The number of benzene rings is 1. The van der Waals surface area contributed by atoms with Crippen molar-refractivity contribution in [3.05, 3.63) is 65.5 Å². The van der Waals surface area contributed by atoms with Crippen molar-refractivity contribution in [1.82, 2.24) is 4.98 Å². The van der Waals surface area contributed by atoms with Gasteiger partial charge < -0.3 is 14.7 Å². The molecule has 106 valence electrons. The molecule has 2 heterocycles. The highest BCUT2D eigenvalue weighted by atomic mass is 16.5. The van der Waals surface area contributed by atoms with Gasteiger partial charge in [-0.05, 0) is 11.6 Å². The Balaban J connectivity index is 2.00. The third-order valence-corrected chi connectivity index (χ3v) is 3.11. The second-order valence-corrected chi connectivity index (χ2v) is 4.52. The van der Waals surface area contributed by atoms with Gasteiger partial charge in [-0.3, -0.25) is 0 Å².